The smallest absolute Gasteiger partial charge is 0.179 e. The number of aromatic nitrogens is 1. The van der Waals surface area contributed by atoms with Gasteiger partial charge >= 0.3 is 0 Å². The Morgan fingerprint density at radius 2 is 1.05 bits per heavy atom. The zero-order chi connectivity index (χ0) is 27.8. The second-order valence-electron chi connectivity index (χ2n) is 10.9. The lowest BCUT2D eigenvalue weighted by Crippen LogP contribution is -2.41. The molecule has 0 saturated heterocycles. The van der Waals surface area contributed by atoms with Gasteiger partial charge in [0.2, 0.25) is 0 Å². The Balaban J connectivity index is 1.50. The topological polar surface area (TPSA) is 25.2 Å². The maximum Gasteiger partial charge on any atom is 0.179 e. The van der Waals surface area contributed by atoms with Gasteiger partial charge in [-0.2, -0.15) is 0 Å². The van der Waals surface area contributed by atoms with Crippen LogP contribution < -0.4 is 20.8 Å². The zero-order valence-electron chi connectivity index (χ0n) is 22.7. The van der Waals surface area contributed by atoms with E-state index in [9.17, 15) is 0 Å². The fourth-order valence-electron chi connectivity index (χ4n) is 7.06. The minimum Gasteiger partial charge on any atom is -0.309 e. The Labute approximate surface area is 244 Å². The summed E-state index contributed by atoms with van der Waals surface area (Å²) >= 11 is 0. The van der Waals surface area contributed by atoms with Gasteiger partial charge < -0.3 is 14.0 Å². The lowest BCUT2D eigenvalue weighted by molar-refractivity contribution is 0.592. The number of rotatable bonds is 3. The van der Waals surface area contributed by atoms with Crippen molar-refractivity contribution in [3.63, 3.8) is 0 Å². The van der Waals surface area contributed by atoms with E-state index in [2.05, 4.69) is 143 Å². The van der Waals surface area contributed by atoms with Gasteiger partial charge in [0.05, 0.1) is 33.6 Å². The van der Waals surface area contributed by atoms with Crippen molar-refractivity contribution in [2.45, 2.75) is 0 Å². The summed E-state index contributed by atoms with van der Waals surface area (Å²) in [6.07, 6.45) is 0. The van der Waals surface area contributed by atoms with Crippen LogP contribution in [0.15, 0.2) is 152 Å². The molecule has 6 aromatic carbocycles. The normalized spacial score (nSPS) is 16.2. The molecular formula is C38H25N2OP. The maximum absolute atomic E-state index is 16.1. The van der Waals surface area contributed by atoms with Gasteiger partial charge in [0, 0.05) is 27.2 Å². The summed E-state index contributed by atoms with van der Waals surface area (Å²) in [5.41, 5.74) is 9.57. The molecule has 0 N–H and O–H groups in total. The summed E-state index contributed by atoms with van der Waals surface area (Å²) in [5.74, 6) is 0. The molecule has 0 amide bonds. The quantitative estimate of drug-likeness (QED) is 0.203. The molecular weight excluding hydrogens is 531 g/mol. The van der Waals surface area contributed by atoms with Crippen LogP contribution in [0.4, 0.5) is 17.1 Å². The molecule has 3 nitrogen and oxygen atoms in total. The van der Waals surface area contributed by atoms with Crippen molar-refractivity contribution in [3.05, 3.63) is 152 Å². The van der Waals surface area contributed by atoms with E-state index in [0.717, 1.165) is 72.0 Å². The predicted octanol–water partition coefficient (Wildman–Crippen LogP) is 8.70. The molecule has 4 heteroatoms. The van der Waals surface area contributed by atoms with E-state index in [1.807, 2.05) is 18.2 Å². The van der Waals surface area contributed by atoms with Crippen LogP contribution >= 0.6 is 7.14 Å². The molecule has 0 radical (unpaired) electrons. The van der Waals surface area contributed by atoms with Crippen LogP contribution in [0.2, 0.25) is 0 Å². The van der Waals surface area contributed by atoms with Gasteiger partial charge in [0.25, 0.3) is 0 Å². The molecule has 9 rings (SSSR count). The van der Waals surface area contributed by atoms with Gasteiger partial charge in [0.15, 0.2) is 7.14 Å². The number of hydrogen-bond donors (Lipinski definition) is 0. The maximum atomic E-state index is 16.1. The molecule has 42 heavy (non-hydrogen) atoms. The highest BCUT2D eigenvalue weighted by atomic mass is 31.2. The lowest BCUT2D eigenvalue weighted by Gasteiger charge is -2.41. The zero-order valence-corrected chi connectivity index (χ0v) is 23.6. The Kier molecular flexibility index (Phi) is 4.88. The van der Waals surface area contributed by atoms with Gasteiger partial charge in [0.1, 0.15) is 0 Å². The molecule has 1 atom stereocenters. The highest BCUT2D eigenvalue weighted by Gasteiger charge is 2.47. The average molecular weight is 557 g/mol. The molecule has 2 aliphatic heterocycles. The number of benzene rings is 6. The summed E-state index contributed by atoms with van der Waals surface area (Å²) in [4.78, 5) is 2.28. The Bertz CT molecular complexity index is 2220. The second kappa shape index (κ2) is 8.69. The summed E-state index contributed by atoms with van der Waals surface area (Å²) in [7, 11) is -3.24. The molecule has 0 fully saturated rings. The fourth-order valence-corrected chi connectivity index (χ4v) is 10.4. The first-order chi connectivity index (χ1) is 20.8. The van der Waals surface area contributed by atoms with Gasteiger partial charge in [-0.3, -0.25) is 0 Å². The summed E-state index contributed by atoms with van der Waals surface area (Å²) < 4.78 is 18.4. The fraction of sp³-hybridized carbons (Fsp3) is 0. The summed E-state index contributed by atoms with van der Waals surface area (Å²) in [5, 5.41) is 3.81. The monoisotopic (exact) mass is 556 g/mol. The van der Waals surface area contributed by atoms with Crippen LogP contribution in [0, 0.1) is 0 Å². The van der Waals surface area contributed by atoms with E-state index in [0.29, 0.717) is 0 Å². The van der Waals surface area contributed by atoms with E-state index >= 15 is 4.57 Å². The van der Waals surface area contributed by atoms with E-state index in [4.69, 9.17) is 0 Å². The van der Waals surface area contributed by atoms with E-state index in [-0.39, 0.29) is 0 Å². The van der Waals surface area contributed by atoms with Crippen LogP contribution in [0.1, 0.15) is 0 Å². The van der Waals surface area contributed by atoms with Crippen molar-refractivity contribution < 1.29 is 4.57 Å². The number of nitrogens with zero attached hydrogens (tertiary/aromatic N) is 2. The van der Waals surface area contributed by atoms with Crippen molar-refractivity contribution in [2.75, 3.05) is 4.90 Å². The Morgan fingerprint density at radius 3 is 1.81 bits per heavy atom. The molecule has 3 heterocycles. The first kappa shape index (κ1) is 23.6. The Hall–Kier alpha value is -5.11. The van der Waals surface area contributed by atoms with Crippen molar-refractivity contribution in [2.24, 2.45) is 0 Å². The van der Waals surface area contributed by atoms with Gasteiger partial charge in [-0.25, -0.2) is 0 Å². The minimum atomic E-state index is -3.24. The molecule has 7 aromatic rings. The third-order valence-corrected chi connectivity index (χ3v) is 11.9. The number of fused-ring (bicyclic) bond motifs is 4. The molecule has 0 spiro atoms. The van der Waals surface area contributed by atoms with Gasteiger partial charge in [-0.15, -0.1) is 0 Å². The van der Waals surface area contributed by atoms with Crippen LogP contribution in [-0.4, -0.2) is 4.57 Å². The van der Waals surface area contributed by atoms with Crippen LogP contribution in [0.3, 0.4) is 0 Å². The average Bonchev–Trinajstić information content (AvgIpc) is 3.41. The van der Waals surface area contributed by atoms with Crippen molar-refractivity contribution >= 4 is 51.0 Å². The largest absolute Gasteiger partial charge is 0.309 e. The highest BCUT2D eigenvalue weighted by molar-refractivity contribution is 7.86. The molecule has 0 aliphatic carbocycles. The van der Waals surface area contributed by atoms with Crippen molar-refractivity contribution in [1.82, 2.24) is 4.57 Å². The summed E-state index contributed by atoms with van der Waals surface area (Å²) in [6, 6.07) is 52.6. The van der Waals surface area contributed by atoms with Crippen molar-refractivity contribution in [3.8, 4) is 28.1 Å². The number of hydrogen-bond acceptors (Lipinski definition) is 2. The molecule has 198 valence electrons. The second-order valence-corrected chi connectivity index (χ2v) is 13.5. The molecule has 1 aromatic heterocycles. The van der Waals surface area contributed by atoms with Crippen LogP contribution in [0.25, 0.3) is 39.0 Å². The highest BCUT2D eigenvalue weighted by Crippen LogP contribution is 2.59. The predicted molar refractivity (Wildman–Crippen MR) is 175 cm³/mol. The third kappa shape index (κ3) is 2.98. The number of anilines is 3. The van der Waals surface area contributed by atoms with Gasteiger partial charge in [-0.1, -0.05) is 109 Å². The molecule has 1 unspecified atom stereocenters. The van der Waals surface area contributed by atoms with E-state index in [1.165, 1.54) is 0 Å². The first-order valence-corrected chi connectivity index (χ1v) is 15.9. The standard InChI is InChI=1S/C38H25N2OP/c41-42-33-24-11-10-21-30(33)39(28-18-8-3-9-19-28)31-22-13-23-32(38(31)42)40-36(27-16-6-2-7-17-27)35(26-14-4-1-5-15-26)29-20-12-25-34(42)37(29)40/h1-25H. The van der Waals surface area contributed by atoms with Crippen LogP contribution in [0.5, 0.6) is 0 Å². The van der Waals surface area contributed by atoms with Crippen LogP contribution in [-0.2, 0) is 4.57 Å². The molecule has 0 saturated carbocycles. The SMILES string of the molecule is O=P12c3ccccc3N(c3ccccc3)c3cccc(c31)-n1c(-c3ccccc3)c(-c3ccccc3)c3cccc2c31. The molecule has 2 aliphatic rings. The van der Waals surface area contributed by atoms with Gasteiger partial charge in [-0.05, 0) is 53.6 Å². The van der Waals surface area contributed by atoms with Crippen molar-refractivity contribution in [1.29, 1.82) is 0 Å². The van der Waals surface area contributed by atoms with E-state index < -0.39 is 7.14 Å². The summed E-state index contributed by atoms with van der Waals surface area (Å²) in [6.45, 7) is 0. The molecule has 0 bridgehead atoms. The lowest BCUT2D eigenvalue weighted by atomic mass is 9.98. The Morgan fingerprint density at radius 1 is 0.476 bits per heavy atom. The minimum absolute atomic E-state index is 0.885. The third-order valence-electron chi connectivity index (χ3n) is 8.68. The van der Waals surface area contributed by atoms with E-state index in [1.54, 1.807) is 0 Å². The number of para-hydroxylation sites is 3. The first-order valence-electron chi connectivity index (χ1n) is 14.2.